The van der Waals surface area contributed by atoms with Crippen molar-refractivity contribution in [3.8, 4) is 5.75 Å². The van der Waals surface area contributed by atoms with Gasteiger partial charge in [0.05, 0.1) is 13.7 Å². The van der Waals surface area contributed by atoms with Crippen molar-refractivity contribution in [3.63, 3.8) is 0 Å². The zero-order valence-electron chi connectivity index (χ0n) is 7.95. The van der Waals surface area contributed by atoms with E-state index in [2.05, 4.69) is 0 Å². The van der Waals surface area contributed by atoms with Crippen LogP contribution >= 0.6 is 0 Å². The molecule has 1 rings (SSSR count). The zero-order valence-corrected chi connectivity index (χ0v) is 7.95. The van der Waals surface area contributed by atoms with Gasteiger partial charge in [0.1, 0.15) is 5.75 Å². The Hall–Kier alpha value is -1.28. The highest BCUT2D eigenvalue weighted by Crippen LogP contribution is 2.19. The van der Waals surface area contributed by atoms with Crippen molar-refractivity contribution < 1.29 is 9.84 Å². The van der Waals surface area contributed by atoms with Gasteiger partial charge in [0.25, 0.3) is 0 Å². The van der Waals surface area contributed by atoms with Gasteiger partial charge in [-0.05, 0) is 30.2 Å². The first-order valence-corrected chi connectivity index (χ1v) is 4.22. The van der Waals surface area contributed by atoms with Crippen LogP contribution in [0.4, 0.5) is 0 Å². The Bertz CT molecular complexity index is 303. The Morgan fingerprint density at radius 1 is 1.54 bits per heavy atom. The van der Waals surface area contributed by atoms with Gasteiger partial charge < -0.3 is 9.84 Å². The van der Waals surface area contributed by atoms with Crippen LogP contribution in [-0.2, 0) is 0 Å². The van der Waals surface area contributed by atoms with Gasteiger partial charge in [0.15, 0.2) is 0 Å². The maximum Gasteiger partial charge on any atom is 0.119 e. The molecule has 0 atom stereocenters. The Kier molecular flexibility index (Phi) is 3.53. The lowest BCUT2D eigenvalue weighted by molar-refractivity contribution is 0.350. The fourth-order valence-corrected chi connectivity index (χ4v) is 1.17. The monoisotopic (exact) mass is 178 g/mol. The highest BCUT2D eigenvalue weighted by Gasteiger charge is 1.99. The summed E-state index contributed by atoms with van der Waals surface area (Å²) in [6, 6.07) is 7.65. The van der Waals surface area contributed by atoms with Crippen LogP contribution in [0.25, 0.3) is 5.57 Å². The Morgan fingerprint density at radius 3 is 2.85 bits per heavy atom. The van der Waals surface area contributed by atoms with Crippen LogP contribution in [0.5, 0.6) is 5.75 Å². The number of hydrogen-bond acceptors (Lipinski definition) is 2. The van der Waals surface area contributed by atoms with Gasteiger partial charge in [0, 0.05) is 0 Å². The topological polar surface area (TPSA) is 29.5 Å². The van der Waals surface area contributed by atoms with E-state index in [1.807, 2.05) is 37.3 Å². The van der Waals surface area contributed by atoms with Crippen LogP contribution < -0.4 is 4.74 Å². The second-order valence-corrected chi connectivity index (χ2v) is 2.70. The Labute approximate surface area is 78.5 Å². The molecule has 0 spiro atoms. The lowest BCUT2D eigenvalue weighted by atomic mass is 10.1. The van der Waals surface area contributed by atoms with Crippen LogP contribution in [0.1, 0.15) is 12.5 Å². The van der Waals surface area contributed by atoms with Crippen molar-refractivity contribution >= 4 is 5.57 Å². The van der Waals surface area contributed by atoms with Crippen molar-refractivity contribution in [1.82, 2.24) is 0 Å². The summed E-state index contributed by atoms with van der Waals surface area (Å²) < 4.78 is 5.09. The molecule has 0 aliphatic carbocycles. The van der Waals surface area contributed by atoms with E-state index in [1.54, 1.807) is 7.11 Å². The molecule has 0 aliphatic rings. The standard InChI is InChI=1S/C11H14O2/c1-3-9(8-12)10-5-4-6-11(7-10)13-2/h3-7,12H,8H2,1-2H3/b9-3-. The summed E-state index contributed by atoms with van der Waals surface area (Å²) in [6.07, 6.45) is 1.90. The number of aliphatic hydroxyl groups is 1. The third kappa shape index (κ3) is 2.33. The summed E-state index contributed by atoms with van der Waals surface area (Å²) in [7, 11) is 1.63. The largest absolute Gasteiger partial charge is 0.497 e. The second-order valence-electron chi connectivity index (χ2n) is 2.70. The number of rotatable bonds is 3. The predicted octanol–water partition coefficient (Wildman–Crippen LogP) is 2.09. The fraction of sp³-hybridized carbons (Fsp3) is 0.273. The average Bonchev–Trinajstić information content (AvgIpc) is 2.20. The highest BCUT2D eigenvalue weighted by molar-refractivity contribution is 5.66. The van der Waals surface area contributed by atoms with Crippen LogP contribution in [0.15, 0.2) is 30.3 Å². The minimum absolute atomic E-state index is 0.0592. The summed E-state index contributed by atoms with van der Waals surface area (Å²) in [4.78, 5) is 0. The number of methoxy groups -OCH3 is 1. The minimum atomic E-state index is 0.0592. The van der Waals surface area contributed by atoms with E-state index in [9.17, 15) is 0 Å². The Balaban J connectivity index is 3.00. The van der Waals surface area contributed by atoms with Crippen molar-refractivity contribution in [1.29, 1.82) is 0 Å². The van der Waals surface area contributed by atoms with Crippen LogP contribution in [0.3, 0.4) is 0 Å². The first-order chi connectivity index (χ1) is 6.31. The number of ether oxygens (including phenoxy) is 1. The molecule has 0 bridgehead atoms. The van der Waals surface area contributed by atoms with E-state index in [0.29, 0.717) is 0 Å². The number of hydrogen-bond donors (Lipinski definition) is 1. The second kappa shape index (κ2) is 4.67. The molecule has 0 fully saturated rings. The Morgan fingerprint density at radius 2 is 2.31 bits per heavy atom. The fourth-order valence-electron chi connectivity index (χ4n) is 1.17. The molecule has 13 heavy (non-hydrogen) atoms. The third-order valence-corrected chi connectivity index (χ3v) is 1.96. The smallest absolute Gasteiger partial charge is 0.119 e. The molecule has 0 aliphatic heterocycles. The molecule has 2 nitrogen and oxygen atoms in total. The third-order valence-electron chi connectivity index (χ3n) is 1.96. The van der Waals surface area contributed by atoms with E-state index < -0.39 is 0 Å². The molecule has 0 amide bonds. The summed E-state index contributed by atoms with van der Waals surface area (Å²) in [5, 5.41) is 9.03. The number of benzene rings is 1. The quantitative estimate of drug-likeness (QED) is 0.768. The van der Waals surface area contributed by atoms with Crippen molar-refractivity contribution in [2.45, 2.75) is 6.92 Å². The van der Waals surface area contributed by atoms with Gasteiger partial charge in [-0.1, -0.05) is 18.2 Å². The van der Waals surface area contributed by atoms with E-state index in [-0.39, 0.29) is 6.61 Å². The molecule has 0 radical (unpaired) electrons. The van der Waals surface area contributed by atoms with Crippen molar-refractivity contribution in [2.24, 2.45) is 0 Å². The maximum atomic E-state index is 9.03. The predicted molar refractivity (Wildman–Crippen MR) is 53.7 cm³/mol. The van der Waals surface area contributed by atoms with Gasteiger partial charge in [-0.25, -0.2) is 0 Å². The van der Waals surface area contributed by atoms with Gasteiger partial charge in [-0.3, -0.25) is 0 Å². The summed E-state index contributed by atoms with van der Waals surface area (Å²) in [5.41, 5.74) is 1.92. The number of aliphatic hydroxyl groups excluding tert-OH is 1. The maximum absolute atomic E-state index is 9.03. The number of allylic oxidation sites excluding steroid dienone is 1. The van der Waals surface area contributed by atoms with Gasteiger partial charge >= 0.3 is 0 Å². The molecule has 0 unspecified atom stereocenters. The first-order valence-electron chi connectivity index (χ1n) is 4.22. The molecule has 0 aromatic heterocycles. The minimum Gasteiger partial charge on any atom is -0.497 e. The van der Waals surface area contributed by atoms with Gasteiger partial charge in [-0.2, -0.15) is 0 Å². The molecular formula is C11H14O2. The van der Waals surface area contributed by atoms with Crippen molar-refractivity contribution in [3.05, 3.63) is 35.9 Å². The summed E-state index contributed by atoms with van der Waals surface area (Å²) in [6.45, 7) is 1.97. The lowest BCUT2D eigenvalue weighted by Crippen LogP contribution is -1.91. The van der Waals surface area contributed by atoms with Crippen molar-refractivity contribution in [2.75, 3.05) is 13.7 Å². The van der Waals surface area contributed by atoms with Gasteiger partial charge in [-0.15, -0.1) is 0 Å². The summed E-state index contributed by atoms with van der Waals surface area (Å²) in [5.74, 6) is 0.810. The lowest BCUT2D eigenvalue weighted by Gasteiger charge is -2.05. The van der Waals surface area contributed by atoms with Crippen LogP contribution in [0.2, 0.25) is 0 Å². The zero-order chi connectivity index (χ0) is 9.68. The normalized spacial score (nSPS) is 11.5. The molecule has 70 valence electrons. The van der Waals surface area contributed by atoms with Crippen LogP contribution in [0, 0.1) is 0 Å². The molecule has 1 aromatic carbocycles. The summed E-state index contributed by atoms with van der Waals surface area (Å²) >= 11 is 0. The van der Waals surface area contributed by atoms with Gasteiger partial charge in [0.2, 0.25) is 0 Å². The molecule has 0 saturated carbocycles. The average molecular weight is 178 g/mol. The highest BCUT2D eigenvalue weighted by atomic mass is 16.5. The van der Waals surface area contributed by atoms with E-state index in [1.165, 1.54) is 0 Å². The molecule has 0 heterocycles. The molecule has 0 saturated heterocycles. The molecular weight excluding hydrogens is 164 g/mol. The van der Waals surface area contributed by atoms with E-state index in [4.69, 9.17) is 9.84 Å². The molecule has 1 aromatic rings. The molecule has 2 heteroatoms. The first kappa shape index (κ1) is 9.81. The van der Waals surface area contributed by atoms with E-state index >= 15 is 0 Å². The molecule has 1 N–H and O–H groups in total. The van der Waals surface area contributed by atoms with E-state index in [0.717, 1.165) is 16.9 Å². The van der Waals surface area contributed by atoms with Crippen LogP contribution in [-0.4, -0.2) is 18.8 Å². The SMILES string of the molecule is C/C=C(/CO)c1cccc(OC)c1.